The van der Waals surface area contributed by atoms with E-state index in [0.29, 0.717) is 12.8 Å². The van der Waals surface area contributed by atoms with Crippen molar-refractivity contribution in [1.29, 1.82) is 0 Å². The summed E-state index contributed by atoms with van der Waals surface area (Å²) in [5.41, 5.74) is -0.206. The first kappa shape index (κ1) is 28.3. The number of aromatic nitrogens is 3. The molecule has 1 aromatic carbocycles. The number of halogens is 6. The van der Waals surface area contributed by atoms with Gasteiger partial charge in [0.25, 0.3) is 5.91 Å². The van der Waals surface area contributed by atoms with E-state index in [9.17, 15) is 31.5 Å². The van der Waals surface area contributed by atoms with Crippen LogP contribution in [0.3, 0.4) is 0 Å². The molecule has 0 spiro atoms. The van der Waals surface area contributed by atoms with Crippen LogP contribution in [0.15, 0.2) is 21.2 Å². The molecule has 2 aliphatic carbocycles. The van der Waals surface area contributed by atoms with Gasteiger partial charge in [-0.25, -0.2) is 27.6 Å². The minimum absolute atomic E-state index is 0.00925. The van der Waals surface area contributed by atoms with Crippen LogP contribution in [0.1, 0.15) is 78.2 Å². The summed E-state index contributed by atoms with van der Waals surface area (Å²) in [5.74, 6) is -5.35. The Morgan fingerprint density at radius 2 is 1.86 bits per heavy atom. The number of benzene rings is 1. The third-order valence-electron chi connectivity index (χ3n) is 8.25. The summed E-state index contributed by atoms with van der Waals surface area (Å²) in [4.78, 5) is 30.8. The van der Waals surface area contributed by atoms with E-state index in [1.165, 1.54) is 19.1 Å². The van der Waals surface area contributed by atoms with Crippen molar-refractivity contribution in [1.82, 2.24) is 30.8 Å². The van der Waals surface area contributed by atoms with E-state index >= 15 is 4.39 Å². The van der Waals surface area contributed by atoms with Gasteiger partial charge in [-0.2, -0.15) is 13.2 Å². The normalized spacial score (nSPS) is 22.8. The number of carbonyl (C=O) groups excluding carboxylic acids is 2. The fourth-order valence-corrected chi connectivity index (χ4v) is 5.85. The second-order valence-electron chi connectivity index (χ2n) is 11.2. The zero-order valence-corrected chi connectivity index (χ0v) is 22.2. The lowest BCUT2D eigenvalue weighted by molar-refractivity contribution is -0.150. The number of hydrogen-bond donors (Lipinski definition) is 2. The number of amides is 3. The molecule has 10 nitrogen and oxygen atoms in total. The molecule has 6 rings (SSSR count). The summed E-state index contributed by atoms with van der Waals surface area (Å²) in [5, 5.41) is 11.8. The van der Waals surface area contributed by atoms with Crippen LogP contribution in [0, 0.1) is 24.6 Å². The molecule has 3 aromatic rings. The van der Waals surface area contributed by atoms with E-state index < -0.39 is 73.3 Å². The first-order valence-corrected chi connectivity index (χ1v) is 13.5. The summed E-state index contributed by atoms with van der Waals surface area (Å²) in [6, 6.07) is -2.26. The highest BCUT2D eigenvalue weighted by Crippen LogP contribution is 2.48. The van der Waals surface area contributed by atoms with Gasteiger partial charge in [0.2, 0.25) is 11.8 Å². The average molecular weight is 601 g/mol. The molecule has 1 aliphatic heterocycles. The van der Waals surface area contributed by atoms with Crippen molar-refractivity contribution in [3.63, 3.8) is 0 Å². The number of oxazole rings is 1. The molecule has 0 unspecified atom stereocenters. The van der Waals surface area contributed by atoms with E-state index in [2.05, 4.69) is 25.2 Å². The van der Waals surface area contributed by atoms with Crippen LogP contribution in [0.4, 0.5) is 31.1 Å². The summed E-state index contributed by atoms with van der Waals surface area (Å²) in [7, 11) is 0. The lowest BCUT2D eigenvalue weighted by Crippen LogP contribution is -2.40. The molecule has 3 atom stereocenters. The maximum atomic E-state index is 16.1. The zero-order valence-electron chi connectivity index (χ0n) is 22.2. The topological polar surface area (TPSA) is 126 Å². The van der Waals surface area contributed by atoms with Crippen molar-refractivity contribution < 1.29 is 45.0 Å². The molecular formula is C26H26F6N6O4. The molecule has 1 saturated heterocycles. The number of nitrogens with zero attached hydrogens (tertiary/aromatic N) is 4. The molecule has 2 saturated carbocycles. The average Bonchev–Trinajstić information content (AvgIpc) is 3.30. The third-order valence-corrected chi connectivity index (χ3v) is 8.25. The number of nitrogens with one attached hydrogen (secondary N) is 2. The van der Waals surface area contributed by atoms with Crippen LogP contribution in [0.2, 0.25) is 0 Å². The molecule has 3 fully saturated rings. The van der Waals surface area contributed by atoms with Gasteiger partial charge in [0.1, 0.15) is 23.3 Å². The van der Waals surface area contributed by atoms with Gasteiger partial charge in [0, 0.05) is 18.4 Å². The van der Waals surface area contributed by atoms with E-state index in [-0.39, 0.29) is 52.7 Å². The third kappa shape index (κ3) is 5.26. The Bertz CT molecular complexity index is 1510. The van der Waals surface area contributed by atoms with E-state index in [1.54, 1.807) is 0 Å². The first-order chi connectivity index (χ1) is 19.8. The van der Waals surface area contributed by atoms with Gasteiger partial charge in [0.05, 0.1) is 12.6 Å². The monoisotopic (exact) mass is 600 g/mol. The van der Waals surface area contributed by atoms with E-state index in [1.807, 2.05) is 5.32 Å². The van der Waals surface area contributed by atoms with Crippen LogP contribution in [-0.4, -0.2) is 56.8 Å². The summed E-state index contributed by atoms with van der Waals surface area (Å²) >= 11 is 0. The maximum Gasteiger partial charge on any atom is 0.410 e. The van der Waals surface area contributed by atoms with E-state index in [0.717, 1.165) is 4.90 Å². The Kier molecular flexibility index (Phi) is 6.84. The Morgan fingerprint density at radius 1 is 1.14 bits per heavy atom. The largest absolute Gasteiger partial charge is 0.438 e. The van der Waals surface area contributed by atoms with Gasteiger partial charge in [-0.1, -0.05) is 11.2 Å². The predicted molar refractivity (Wildman–Crippen MR) is 131 cm³/mol. The van der Waals surface area contributed by atoms with Crippen LogP contribution in [0.25, 0.3) is 11.1 Å². The Morgan fingerprint density at radius 3 is 2.45 bits per heavy atom. The molecule has 3 amide bonds. The lowest BCUT2D eigenvalue weighted by Gasteiger charge is -2.32. The number of alkyl halides is 5. The van der Waals surface area contributed by atoms with Crippen LogP contribution < -0.4 is 10.6 Å². The van der Waals surface area contributed by atoms with Crippen molar-refractivity contribution >= 4 is 23.0 Å². The second-order valence-corrected chi connectivity index (χ2v) is 11.2. The fourth-order valence-electron chi connectivity index (χ4n) is 5.85. The minimum Gasteiger partial charge on any atom is -0.438 e. The quantitative estimate of drug-likeness (QED) is 0.350. The van der Waals surface area contributed by atoms with Crippen LogP contribution >= 0.6 is 0 Å². The van der Waals surface area contributed by atoms with Crippen molar-refractivity contribution in [3.05, 3.63) is 40.8 Å². The van der Waals surface area contributed by atoms with Crippen molar-refractivity contribution in [2.45, 2.75) is 75.7 Å². The molecule has 16 heteroatoms. The molecule has 3 heterocycles. The van der Waals surface area contributed by atoms with Gasteiger partial charge in [-0.05, 0) is 55.7 Å². The highest BCUT2D eigenvalue weighted by Gasteiger charge is 2.51. The molecule has 2 N–H and O–H groups in total. The molecule has 226 valence electrons. The molecule has 0 bridgehead atoms. The lowest BCUT2D eigenvalue weighted by atomic mass is 9.82. The minimum atomic E-state index is -4.66. The number of fused-ring (bicyclic) bond motifs is 1. The van der Waals surface area contributed by atoms with Crippen LogP contribution in [0.5, 0.6) is 0 Å². The standard InChI is InChI=1S/C26H26F6N6O4/c1-11-18(37-42-36-11)22(39)34-19(12-6-8-25(28,29)9-7-12)23-35-20-15(41-23)5-4-14(17(20)27)21(13-2-3-13)38-10-16(26(30,31)32)33-24(38)40/h4-5,12-13,16,19,21H,2-3,6-10H2,1H3,(H,33,40)(H,34,39)/t16-,19-,21+/m0/s1. The van der Waals surface area contributed by atoms with Gasteiger partial charge in [-0.15, -0.1) is 0 Å². The zero-order chi connectivity index (χ0) is 30.0. The molecule has 0 radical (unpaired) electrons. The Hall–Kier alpha value is -3.85. The first-order valence-electron chi connectivity index (χ1n) is 13.5. The number of hydrogen-bond acceptors (Lipinski definition) is 7. The molecule has 42 heavy (non-hydrogen) atoms. The molecular weight excluding hydrogens is 574 g/mol. The number of aryl methyl sites for hydroxylation is 1. The van der Waals surface area contributed by atoms with E-state index in [4.69, 9.17) is 4.42 Å². The van der Waals surface area contributed by atoms with Crippen LogP contribution in [-0.2, 0) is 0 Å². The maximum absolute atomic E-state index is 16.1. The fraction of sp³-hybridized carbons (Fsp3) is 0.577. The molecule has 3 aliphatic rings. The summed E-state index contributed by atoms with van der Waals surface area (Å²) in [6.45, 7) is 0.827. The highest BCUT2D eigenvalue weighted by atomic mass is 19.4. The Balaban J connectivity index is 1.34. The molecule has 2 aromatic heterocycles. The smallest absolute Gasteiger partial charge is 0.410 e. The number of urea groups is 1. The predicted octanol–water partition coefficient (Wildman–Crippen LogP) is 5.36. The Labute approximate surface area is 234 Å². The number of rotatable bonds is 7. The van der Waals surface area contributed by atoms with Crippen molar-refractivity contribution in [2.75, 3.05) is 6.54 Å². The van der Waals surface area contributed by atoms with Gasteiger partial charge in [-0.3, -0.25) is 4.79 Å². The van der Waals surface area contributed by atoms with Crippen molar-refractivity contribution in [2.24, 2.45) is 11.8 Å². The number of carbonyl (C=O) groups is 2. The highest BCUT2D eigenvalue weighted by molar-refractivity contribution is 5.93. The van der Waals surface area contributed by atoms with Crippen molar-refractivity contribution in [3.8, 4) is 0 Å². The summed E-state index contributed by atoms with van der Waals surface area (Å²) in [6.07, 6.45) is -4.26. The van der Waals surface area contributed by atoms with Gasteiger partial charge < -0.3 is 20.0 Å². The summed E-state index contributed by atoms with van der Waals surface area (Å²) < 4.78 is 94.3. The van der Waals surface area contributed by atoms with Gasteiger partial charge in [0.15, 0.2) is 17.1 Å². The second kappa shape index (κ2) is 10.2. The van der Waals surface area contributed by atoms with Gasteiger partial charge >= 0.3 is 12.2 Å². The SMILES string of the molecule is Cc1nonc1C(=O)N[C@H](c1nc2c(F)c([C@@H](C3CC3)N3C[C@@H](C(F)(F)F)NC3=O)ccc2o1)C1CCC(F)(F)CC1.